The van der Waals surface area contributed by atoms with Gasteiger partial charge in [0.2, 0.25) is 5.91 Å². The van der Waals surface area contributed by atoms with E-state index >= 15 is 0 Å². The Kier molecular flexibility index (Phi) is 35.5. The Bertz CT molecular complexity index is 1150. The van der Waals surface area contributed by atoms with Crippen LogP contribution in [0.4, 0.5) is 0 Å². The first kappa shape index (κ1) is 59.9. The highest BCUT2D eigenvalue weighted by molar-refractivity contribution is 5.76. The van der Waals surface area contributed by atoms with Crippen molar-refractivity contribution >= 4 is 5.91 Å². The Morgan fingerprint density at radius 1 is 0.538 bits per heavy atom. The number of ether oxygens (including phenoxy) is 4. The quantitative estimate of drug-likeness (QED) is 0.0219. The molecule has 2 aliphatic rings. The second-order valence-electron chi connectivity index (χ2n) is 19.0. The van der Waals surface area contributed by atoms with Crippen LogP contribution in [0.1, 0.15) is 213 Å². The molecule has 2 saturated heterocycles. The van der Waals surface area contributed by atoms with Crippen LogP contribution in [0.5, 0.6) is 0 Å². The molecular weight excluding hydrogens is 835 g/mol. The average molecular weight is 932 g/mol. The number of hydrogen-bond acceptors (Lipinski definition) is 13. The molecule has 0 radical (unpaired) electrons. The van der Waals surface area contributed by atoms with Gasteiger partial charge in [0.1, 0.15) is 48.8 Å². The van der Waals surface area contributed by atoms with Gasteiger partial charge in [-0.15, -0.1) is 0 Å². The van der Waals surface area contributed by atoms with E-state index in [0.29, 0.717) is 6.42 Å². The summed E-state index contributed by atoms with van der Waals surface area (Å²) in [5, 5.41) is 86.6. The summed E-state index contributed by atoms with van der Waals surface area (Å²) in [6.45, 7) is 2.78. The van der Waals surface area contributed by atoms with Crippen molar-refractivity contribution in [1.29, 1.82) is 0 Å². The fourth-order valence-electron chi connectivity index (χ4n) is 8.88. The summed E-state index contributed by atoms with van der Waals surface area (Å²) in [6, 6.07) is -0.907. The first-order valence-electron chi connectivity index (χ1n) is 26.4. The highest BCUT2D eigenvalue weighted by Crippen LogP contribution is 2.30. The minimum absolute atomic E-state index is 0.238. The molecule has 2 aliphatic heterocycles. The zero-order chi connectivity index (χ0) is 47.5. The average Bonchev–Trinajstić information content (AvgIpc) is 3.30. The lowest BCUT2D eigenvalue weighted by molar-refractivity contribution is -0.359. The summed E-state index contributed by atoms with van der Waals surface area (Å²) < 4.78 is 22.7. The summed E-state index contributed by atoms with van der Waals surface area (Å²) in [5.41, 5.74) is 0. The SMILES string of the molecule is CCCCCCCCCC/C=C/C(O)C(COC1OC(CO)C(OC2OC(CO)C(O)C(O)C2O)C(O)C1O)NC(=O)CCCCCCCCCCCCCCCCCCCCCCC. The van der Waals surface area contributed by atoms with Gasteiger partial charge in [0.05, 0.1) is 32.0 Å². The van der Waals surface area contributed by atoms with Crippen molar-refractivity contribution in [2.75, 3.05) is 19.8 Å². The summed E-state index contributed by atoms with van der Waals surface area (Å²) in [7, 11) is 0. The molecule has 65 heavy (non-hydrogen) atoms. The van der Waals surface area contributed by atoms with Gasteiger partial charge in [0.25, 0.3) is 0 Å². The van der Waals surface area contributed by atoms with Crippen LogP contribution in [-0.4, -0.2) is 140 Å². The van der Waals surface area contributed by atoms with E-state index in [-0.39, 0.29) is 18.9 Å². The van der Waals surface area contributed by atoms with Gasteiger partial charge >= 0.3 is 0 Å². The van der Waals surface area contributed by atoms with Gasteiger partial charge in [-0.05, 0) is 19.3 Å². The number of aliphatic hydroxyl groups excluding tert-OH is 8. The molecule has 0 aromatic carbocycles. The van der Waals surface area contributed by atoms with Crippen molar-refractivity contribution in [2.24, 2.45) is 0 Å². The van der Waals surface area contributed by atoms with Gasteiger partial charge in [-0.25, -0.2) is 0 Å². The molecule has 9 N–H and O–H groups in total. The molecule has 14 nitrogen and oxygen atoms in total. The molecule has 2 rings (SSSR count). The minimum Gasteiger partial charge on any atom is -0.394 e. The number of hydrogen-bond donors (Lipinski definition) is 9. The number of amides is 1. The summed E-state index contributed by atoms with van der Waals surface area (Å²) in [6.07, 6.45) is 24.1. The molecule has 0 aliphatic carbocycles. The van der Waals surface area contributed by atoms with E-state index in [1.54, 1.807) is 6.08 Å². The molecule has 12 unspecified atom stereocenters. The molecule has 0 saturated carbocycles. The second-order valence-corrected chi connectivity index (χ2v) is 19.0. The highest BCUT2D eigenvalue weighted by atomic mass is 16.7. The van der Waals surface area contributed by atoms with E-state index in [1.165, 1.54) is 148 Å². The van der Waals surface area contributed by atoms with E-state index in [0.717, 1.165) is 38.5 Å². The molecule has 1 amide bonds. The number of unbranched alkanes of at least 4 members (excludes halogenated alkanes) is 28. The fourth-order valence-corrected chi connectivity index (χ4v) is 8.88. The smallest absolute Gasteiger partial charge is 0.220 e. The normalized spacial score (nSPS) is 27.0. The van der Waals surface area contributed by atoms with Gasteiger partial charge in [0.15, 0.2) is 12.6 Å². The maximum Gasteiger partial charge on any atom is 0.220 e. The van der Waals surface area contributed by atoms with E-state index in [4.69, 9.17) is 18.9 Å². The van der Waals surface area contributed by atoms with Crippen LogP contribution >= 0.6 is 0 Å². The number of allylic oxidation sites excluding steroid dienone is 1. The number of aliphatic hydroxyl groups is 8. The van der Waals surface area contributed by atoms with Crippen LogP contribution in [-0.2, 0) is 23.7 Å². The molecule has 0 aromatic heterocycles. The molecule has 12 atom stereocenters. The predicted molar refractivity (Wildman–Crippen MR) is 254 cm³/mol. The second kappa shape index (κ2) is 38.6. The number of carbonyl (C=O) groups is 1. The molecule has 2 heterocycles. The van der Waals surface area contributed by atoms with Crippen LogP contribution in [0.15, 0.2) is 12.2 Å². The van der Waals surface area contributed by atoms with E-state index in [2.05, 4.69) is 19.2 Å². The standard InChI is InChI=1S/C51H97NO13/c1-3-5-7-9-11-13-15-16-17-18-19-20-21-22-23-24-25-27-29-31-33-35-43(56)52-39(40(55)34-32-30-28-26-14-12-10-8-6-4-2)38-62-50-48(61)46(59)49(42(37-54)64-50)65-51-47(60)45(58)44(57)41(36-53)63-51/h32,34,39-42,44-51,53-55,57-61H,3-31,33,35-38H2,1-2H3,(H,52,56)/b34-32+. The zero-order valence-electron chi connectivity index (χ0n) is 40.7. The van der Waals surface area contributed by atoms with Crippen LogP contribution in [0.25, 0.3) is 0 Å². The lowest BCUT2D eigenvalue weighted by Gasteiger charge is -2.46. The molecule has 0 aromatic rings. The van der Waals surface area contributed by atoms with E-state index in [9.17, 15) is 45.6 Å². The summed E-state index contributed by atoms with van der Waals surface area (Å²) in [5.74, 6) is -0.238. The van der Waals surface area contributed by atoms with E-state index < -0.39 is 86.8 Å². The van der Waals surface area contributed by atoms with Gasteiger partial charge in [-0.3, -0.25) is 4.79 Å². The van der Waals surface area contributed by atoms with Gasteiger partial charge in [-0.2, -0.15) is 0 Å². The van der Waals surface area contributed by atoms with Crippen molar-refractivity contribution in [2.45, 2.75) is 286 Å². The van der Waals surface area contributed by atoms with Gasteiger partial charge in [0, 0.05) is 6.42 Å². The summed E-state index contributed by atoms with van der Waals surface area (Å²) >= 11 is 0. The fraction of sp³-hybridized carbons (Fsp3) is 0.941. The van der Waals surface area contributed by atoms with Crippen molar-refractivity contribution in [3.8, 4) is 0 Å². The first-order chi connectivity index (χ1) is 31.6. The maximum atomic E-state index is 13.2. The third-order valence-electron chi connectivity index (χ3n) is 13.2. The van der Waals surface area contributed by atoms with E-state index in [1.807, 2.05) is 6.08 Å². The Labute approximate surface area is 393 Å². The van der Waals surface area contributed by atoms with Crippen LogP contribution in [0.3, 0.4) is 0 Å². The number of rotatable bonds is 41. The largest absolute Gasteiger partial charge is 0.394 e. The van der Waals surface area contributed by atoms with Crippen molar-refractivity contribution < 1.29 is 64.6 Å². The molecule has 0 bridgehead atoms. The maximum absolute atomic E-state index is 13.2. The van der Waals surface area contributed by atoms with Crippen LogP contribution < -0.4 is 5.32 Å². The molecule has 2 fully saturated rings. The first-order valence-corrected chi connectivity index (χ1v) is 26.4. The highest BCUT2D eigenvalue weighted by Gasteiger charge is 2.51. The van der Waals surface area contributed by atoms with Crippen LogP contribution in [0, 0.1) is 0 Å². The number of carbonyl (C=O) groups excluding carboxylic acids is 1. The topological polar surface area (TPSA) is 228 Å². The third kappa shape index (κ3) is 25.8. The molecule has 384 valence electrons. The Balaban J connectivity index is 1.76. The van der Waals surface area contributed by atoms with Gasteiger partial charge < -0.3 is 65.1 Å². The number of nitrogens with one attached hydrogen (secondary N) is 1. The van der Waals surface area contributed by atoms with Crippen molar-refractivity contribution in [3.05, 3.63) is 12.2 Å². The minimum atomic E-state index is -1.78. The Morgan fingerprint density at radius 3 is 1.42 bits per heavy atom. The van der Waals surface area contributed by atoms with Crippen molar-refractivity contribution in [3.63, 3.8) is 0 Å². The summed E-state index contributed by atoms with van der Waals surface area (Å²) in [4.78, 5) is 13.2. The molecular formula is C51H97NO13. The monoisotopic (exact) mass is 932 g/mol. The van der Waals surface area contributed by atoms with Gasteiger partial charge in [-0.1, -0.05) is 199 Å². The Hall–Kier alpha value is -1.27. The predicted octanol–water partition coefficient (Wildman–Crippen LogP) is 7.16. The molecule has 14 heteroatoms. The third-order valence-corrected chi connectivity index (χ3v) is 13.2. The molecule has 0 spiro atoms. The van der Waals surface area contributed by atoms with Crippen LogP contribution in [0.2, 0.25) is 0 Å². The van der Waals surface area contributed by atoms with Crippen molar-refractivity contribution in [1.82, 2.24) is 5.32 Å². The lowest BCUT2D eigenvalue weighted by Crippen LogP contribution is -2.65. The zero-order valence-corrected chi connectivity index (χ0v) is 40.7. The lowest BCUT2D eigenvalue weighted by atomic mass is 9.97. The Morgan fingerprint density at radius 2 is 0.954 bits per heavy atom.